The maximum Gasteiger partial charge on any atom is 0.373 e. The molecule has 1 saturated heterocycles. The first kappa shape index (κ1) is 31.5. The Hall–Kier alpha value is -2.40. The number of aliphatic hydroxyl groups excluding tert-OH is 2. The van der Waals surface area contributed by atoms with Crippen LogP contribution in [-0.2, 0) is 11.2 Å². The molecule has 0 radical (unpaired) electrons. The van der Waals surface area contributed by atoms with Crippen molar-refractivity contribution in [3.05, 3.63) is 57.7 Å². The molecule has 4 rings (SSSR count). The number of aliphatic hydroxyl groups is 2. The van der Waals surface area contributed by atoms with E-state index < -0.39 is 34.9 Å². The van der Waals surface area contributed by atoms with Gasteiger partial charge in [0.1, 0.15) is 23.4 Å². The summed E-state index contributed by atoms with van der Waals surface area (Å²) in [6, 6.07) is 3.62. The number of ether oxygens (including phenoxy) is 1. The number of thioether (sulfide) groups is 2. The smallest absolute Gasteiger partial charge is 0.373 e. The highest BCUT2D eigenvalue weighted by atomic mass is 32.2. The van der Waals surface area contributed by atoms with E-state index in [4.69, 9.17) is 4.74 Å². The number of benzene rings is 1. The number of aromatic hydroxyl groups is 1. The van der Waals surface area contributed by atoms with Gasteiger partial charge in [0.2, 0.25) is 0 Å². The minimum atomic E-state index is -1.19. The van der Waals surface area contributed by atoms with Crippen molar-refractivity contribution in [2.24, 2.45) is 11.8 Å². The van der Waals surface area contributed by atoms with Crippen molar-refractivity contribution in [1.82, 2.24) is 4.90 Å². The molecule has 8 nitrogen and oxygen atoms in total. The standard InChI is InChI=1S/C31H41NO7S2/c1-6-7-8-9-19-13-22(34)26(21-12-17(4)10-11-20(21)16(2)3)23(14-19)39-31(38)40-15-24-27(30(36)37)32-28(35)25(18(5)33)29(32)41-24/h12-14,18,20-21,25,28-29,33-35H,2,6-11,15H2,1,3-5H3,(H,36,37)/t18-,20+,21-,25+,28?,29?/m1/s1. The molecule has 0 spiro atoms. The fourth-order valence-corrected chi connectivity index (χ4v) is 8.54. The fourth-order valence-electron chi connectivity index (χ4n) is 6.09. The zero-order valence-electron chi connectivity index (χ0n) is 24.1. The average molecular weight is 604 g/mol. The summed E-state index contributed by atoms with van der Waals surface area (Å²) in [4.78, 5) is 27.1. The Morgan fingerprint density at radius 3 is 2.66 bits per heavy atom. The van der Waals surface area contributed by atoms with Gasteiger partial charge in [0.05, 0.1) is 17.4 Å². The summed E-state index contributed by atoms with van der Waals surface area (Å²) in [5, 5.41) is 40.5. The van der Waals surface area contributed by atoms with Crippen molar-refractivity contribution in [3.63, 3.8) is 0 Å². The molecule has 1 aromatic rings. The van der Waals surface area contributed by atoms with E-state index in [2.05, 4.69) is 26.5 Å². The van der Waals surface area contributed by atoms with Gasteiger partial charge in [-0.3, -0.25) is 0 Å². The van der Waals surface area contributed by atoms with Crippen molar-refractivity contribution in [3.8, 4) is 11.5 Å². The second-order valence-electron chi connectivity index (χ2n) is 11.4. The molecule has 0 saturated carbocycles. The Labute approximate surface area is 250 Å². The first-order valence-corrected chi connectivity index (χ1v) is 16.1. The lowest BCUT2D eigenvalue weighted by molar-refractivity contribution is -0.167. The van der Waals surface area contributed by atoms with Gasteiger partial charge in [-0.05, 0) is 81.8 Å². The Kier molecular flexibility index (Phi) is 10.2. The first-order chi connectivity index (χ1) is 19.4. The number of aryl methyl sites for hydroxylation is 1. The number of aliphatic carboxylic acids is 1. The van der Waals surface area contributed by atoms with Crippen LogP contribution in [0.1, 0.15) is 76.8 Å². The lowest BCUT2D eigenvalue weighted by atomic mass is 9.73. The van der Waals surface area contributed by atoms with Crippen LogP contribution in [0.25, 0.3) is 0 Å². The van der Waals surface area contributed by atoms with Crippen LogP contribution in [0.4, 0.5) is 4.79 Å². The van der Waals surface area contributed by atoms with Crippen molar-refractivity contribution in [1.29, 1.82) is 0 Å². The van der Waals surface area contributed by atoms with Crippen LogP contribution in [0.15, 0.2) is 46.5 Å². The summed E-state index contributed by atoms with van der Waals surface area (Å²) >= 11 is 2.09. The third kappa shape index (κ3) is 6.66. The molecule has 224 valence electrons. The number of carbonyl (C=O) groups is 2. The van der Waals surface area contributed by atoms with Crippen molar-refractivity contribution in [2.75, 3.05) is 5.75 Å². The molecule has 2 aliphatic heterocycles. The predicted octanol–water partition coefficient (Wildman–Crippen LogP) is 6.37. The van der Waals surface area contributed by atoms with Gasteiger partial charge in [-0.25, -0.2) is 9.59 Å². The normalized spacial score (nSPS) is 26.2. The number of hydrogen-bond acceptors (Lipinski definition) is 9. The van der Waals surface area contributed by atoms with Gasteiger partial charge >= 0.3 is 11.3 Å². The minimum absolute atomic E-state index is 0.0473. The number of fused-ring (bicyclic) bond motifs is 1. The topological polar surface area (TPSA) is 128 Å². The number of carboxylic acid groups (broad SMARTS) is 1. The number of carboxylic acids is 1. The Morgan fingerprint density at radius 2 is 2.02 bits per heavy atom. The highest BCUT2D eigenvalue weighted by molar-refractivity contribution is 8.14. The number of rotatable bonds is 11. The highest BCUT2D eigenvalue weighted by Crippen LogP contribution is 2.53. The molecule has 6 atom stereocenters. The summed E-state index contributed by atoms with van der Waals surface area (Å²) in [6.07, 6.45) is 5.88. The molecule has 1 aliphatic carbocycles. The van der Waals surface area contributed by atoms with E-state index in [1.165, 1.54) is 22.2 Å². The molecule has 1 aromatic carbocycles. The quantitative estimate of drug-likeness (QED) is 0.129. The molecular formula is C31H41NO7S2. The molecular weight excluding hydrogens is 562 g/mol. The number of hydrogen-bond donors (Lipinski definition) is 4. The molecule has 0 amide bonds. The zero-order valence-corrected chi connectivity index (χ0v) is 25.8. The second-order valence-corrected chi connectivity index (χ2v) is 13.5. The van der Waals surface area contributed by atoms with Crippen LogP contribution in [0.2, 0.25) is 0 Å². The molecule has 2 unspecified atom stereocenters. The maximum atomic E-state index is 13.2. The number of allylic oxidation sites excluding steroid dienone is 3. The van der Waals surface area contributed by atoms with Crippen LogP contribution in [0.3, 0.4) is 0 Å². The monoisotopic (exact) mass is 603 g/mol. The number of carbonyl (C=O) groups excluding carboxylic acids is 1. The van der Waals surface area contributed by atoms with Gasteiger partial charge in [-0.1, -0.05) is 43.6 Å². The van der Waals surface area contributed by atoms with Gasteiger partial charge < -0.3 is 30.1 Å². The lowest BCUT2D eigenvalue weighted by Crippen LogP contribution is -2.63. The molecule has 0 aromatic heterocycles. The van der Waals surface area contributed by atoms with E-state index >= 15 is 0 Å². The summed E-state index contributed by atoms with van der Waals surface area (Å²) in [5.74, 6) is -1.31. The maximum absolute atomic E-state index is 13.2. The van der Waals surface area contributed by atoms with Crippen LogP contribution in [-0.4, -0.2) is 60.1 Å². The van der Waals surface area contributed by atoms with Crippen molar-refractivity contribution >= 4 is 34.8 Å². The Bertz CT molecular complexity index is 1260. The van der Waals surface area contributed by atoms with Gasteiger partial charge in [-0.2, -0.15) is 0 Å². The lowest BCUT2D eigenvalue weighted by Gasteiger charge is -2.50. The van der Waals surface area contributed by atoms with E-state index in [0.717, 1.165) is 61.4 Å². The summed E-state index contributed by atoms with van der Waals surface area (Å²) in [5.41, 5.74) is 3.62. The van der Waals surface area contributed by atoms with E-state index in [0.29, 0.717) is 16.2 Å². The van der Waals surface area contributed by atoms with Gasteiger partial charge in [0.25, 0.3) is 0 Å². The number of unbranched alkanes of at least 4 members (excludes halogenated alkanes) is 2. The van der Waals surface area contributed by atoms with Gasteiger partial charge in [0, 0.05) is 22.1 Å². The second kappa shape index (κ2) is 13.3. The molecule has 10 heteroatoms. The molecule has 0 bridgehead atoms. The molecule has 2 heterocycles. The molecule has 41 heavy (non-hydrogen) atoms. The Morgan fingerprint density at radius 1 is 1.29 bits per heavy atom. The SMILES string of the molecule is C=C(C)[C@@H]1CCC(C)=C[C@H]1c1c(O)cc(CCCCC)cc1OC(=O)SCC1=C(C(=O)O)N2C(O)[C@H]([C@@H](C)O)C2S1. The summed E-state index contributed by atoms with van der Waals surface area (Å²) < 4.78 is 5.92. The van der Waals surface area contributed by atoms with E-state index in [9.17, 15) is 30.0 Å². The van der Waals surface area contributed by atoms with E-state index in [-0.39, 0.29) is 29.0 Å². The largest absolute Gasteiger partial charge is 0.507 e. The van der Waals surface area contributed by atoms with Gasteiger partial charge in [0.15, 0.2) is 0 Å². The predicted molar refractivity (Wildman–Crippen MR) is 163 cm³/mol. The summed E-state index contributed by atoms with van der Waals surface area (Å²) in [6.45, 7) is 11.9. The fraction of sp³-hybridized carbons (Fsp3) is 0.548. The van der Waals surface area contributed by atoms with Crippen LogP contribution < -0.4 is 4.74 Å². The van der Waals surface area contributed by atoms with Crippen molar-refractivity contribution in [2.45, 2.75) is 89.8 Å². The molecule has 1 fully saturated rings. The van der Waals surface area contributed by atoms with E-state index in [1.807, 2.05) is 13.0 Å². The molecule has 3 aliphatic rings. The summed E-state index contributed by atoms with van der Waals surface area (Å²) in [7, 11) is 0. The zero-order chi connectivity index (χ0) is 30.0. The highest BCUT2D eigenvalue weighted by Gasteiger charge is 2.57. The van der Waals surface area contributed by atoms with E-state index in [1.54, 1.807) is 13.0 Å². The third-order valence-corrected chi connectivity index (χ3v) is 10.6. The number of phenolic OH excluding ortho intramolecular Hbond substituents is 1. The van der Waals surface area contributed by atoms with Crippen LogP contribution in [0.5, 0.6) is 11.5 Å². The molecule has 4 N–H and O–H groups in total. The van der Waals surface area contributed by atoms with Crippen LogP contribution in [0, 0.1) is 11.8 Å². The number of phenols is 1. The average Bonchev–Trinajstić information content (AvgIpc) is 3.21. The van der Waals surface area contributed by atoms with Crippen LogP contribution >= 0.6 is 23.5 Å². The first-order valence-electron chi connectivity index (χ1n) is 14.2. The van der Waals surface area contributed by atoms with Gasteiger partial charge in [-0.15, -0.1) is 11.8 Å². The minimum Gasteiger partial charge on any atom is -0.507 e. The third-order valence-electron chi connectivity index (χ3n) is 8.25. The van der Waals surface area contributed by atoms with Crippen molar-refractivity contribution < 1.29 is 34.8 Å². The Balaban J connectivity index is 1.58. The number of nitrogens with zero attached hydrogens (tertiary/aromatic N) is 1.